The first-order valence-corrected chi connectivity index (χ1v) is 8.62. The Morgan fingerprint density at radius 3 is 2.82 bits per heavy atom. The molecule has 120 valence electrons. The number of fused-ring (bicyclic) bond motifs is 2. The Balaban J connectivity index is 1.70. The number of benzene rings is 1. The van der Waals surface area contributed by atoms with Crippen LogP contribution in [0.3, 0.4) is 0 Å². The first kappa shape index (κ1) is 15.4. The highest BCUT2D eigenvalue weighted by atomic mass is 16.5. The fourth-order valence-corrected chi connectivity index (χ4v) is 4.26. The third-order valence-corrected chi connectivity index (χ3v) is 5.37. The van der Waals surface area contributed by atoms with Crippen molar-refractivity contribution in [2.24, 2.45) is 17.8 Å². The van der Waals surface area contributed by atoms with Crippen LogP contribution in [0.5, 0.6) is 5.75 Å². The molecule has 0 aromatic heterocycles. The molecule has 1 aromatic rings. The molecule has 2 saturated carbocycles. The molecule has 2 bridgehead atoms. The highest BCUT2D eigenvalue weighted by molar-refractivity contribution is 5.80. The van der Waals surface area contributed by atoms with E-state index in [0.717, 1.165) is 23.7 Å². The average molecular weight is 301 g/mol. The zero-order valence-electron chi connectivity index (χ0n) is 13.9. The summed E-state index contributed by atoms with van der Waals surface area (Å²) in [5.41, 5.74) is 2.28. The zero-order chi connectivity index (χ0) is 15.7. The Morgan fingerprint density at radius 1 is 1.36 bits per heavy atom. The number of hydrogen-bond donors (Lipinski definition) is 1. The van der Waals surface area contributed by atoms with Crippen molar-refractivity contribution in [1.82, 2.24) is 5.32 Å². The quantitative estimate of drug-likeness (QED) is 0.892. The van der Waals surface area contributed by atoms with Gasteiger partial charge in [-0.1, -0.05) is 24.1 Å². The van der Waals surface area contributed by atoms with Gasteiger partial charge in [-0.25, -0.2) is 0 Å². The monoisotopic (exact) mass is 301 g/mol. The van der Waals surface area contributed by atoms with Crippen LogP contribution in [0, 0.1) is 24.7 Å². The fourth-order valence-electron chi connectivity index (χ4n) is 4.26. The van der Waals surface area contributed by atoms with E-state index in [4.69, 9.17) is 4.74 Å². The number of amides is 1. The molecule has 22 heavy (non-hydrogen) atoms. The average Bonchev–Trinajstić information content (AvgIpc) is 3.12. The first-order valence-electron chi connectivity index (χ1n) is 8.62. The van der Waals surface area contributed by atoms with E-state index < -0.39 is 0 Å². The molecule has 2 aliphatic rings. The van der Waals surface area contributed by atoms with E-state index in [1.807, 2.05) is 13.0 Å². The molecule has 1 amide bonds. The highest BCUT2D eigenvalue weighted by Crippen LogP contribution is 2.48. The van der Waals surface area contributed by atoms with Crippen LogP contribution in [0.15, 0.2) is 18.2 Å². The number of nitrogens with one attached hydrogen (secondary N) is 1. The van der Waals surface area contributed by atoms with Crippen molar-refractivity contribution in [3.63, 3.8) is 0 Å². The minimum Gasteiger partial charge on any atom is -0.494 e. The lowest BCUT2D eigenvalue weighted by molar-refractivity contribution is -0.127. The summed E-state index contributed by atoms with van der Waals surface area (Å²) in [6.45, 7) is 6.76. The maximum absolute atomic E-state index is 12.6. The predicted octanol–water partition coefficient (Wildman–Crippen LogP) is 4.01. The Labute approximate surface area is 133 Å². The smallest absolute Gasteiger partial charge is 0.223 e. The van der Waals surface area contributed by atoms with E-state index in [9.17, 15) is 4.79 Å². The van der Waals surface area contributed by atoms with E-state index in [-0.39, 0.29) is 17.9 Å². The van der Waals surface area contributed by atoms with E-state index in [1.54, 1.807) is 0 Å². The van der Waals surface area contributed by atoms with Crippen molar-refractivity contribution in [3.8, 4) is 5.75 Å². The number of aryl methyl sites for hydroxylation is 1. The van der Waals surface area contributed by atoms with Crippen LogP contribution in [0.25, 0.3) is 0 Å². The molecule has 0 heterocycles. The molecule has 0 aliphatic heterocycles. The van der Waals surface area contributed by atoms with Gasteiger partial charge in [0.2, 0.25) is 5.91 Å². The summed E-state index contributed by atoms with van der Waals surface area (Å²) in [6, 6.07) is 6.18. The number of ether oxygens (including phenoxy) is 1. The van der Waals surface area contributed by atoms with Crippen molar-refractivity contribution >= 4 is 5.91 Å². The van der Waals surface area contributed by atoms with E-state index >= 15 is 0 Å². The normalized spacial score (nSPS) is 27.7. The molecule has 1 aromatic carbocycles. The molecular weight excluding hydrogens is 274 g/mol. The third-order valence-electron chi connectivity index (χ3n) is 5.37. The molecule has 1 N–H and O–H groups in total. The molecule has 0 radical (unpaired) electrons. The zero-order valence-corrected chi connectivity index (χ0v) is 13.9. The summed E-state index contributed by atoms with van der Waals surface area (Å²) in [5.74, 6) is 2.79. The third kappa shape index (κ3) is 2.99. The van der Waals surface area contributed by atoms with Crippen LogP contribution in [0.2, 0.25) is 0 Å². The highest BCUT2D eigenvalue weighted by Gasteiger charge is 2.43. The Kier molecular flexibility index (Phi) is 4.42. The second-order valence-corrected chi connectivity index (χ2v) is 6.99. The topological polar surface area (TPSA) is 38.3 Å². The van der Waals surface area contributed by atoms with Gasteiger partial charge in [-0.3, -0.25) is 4.79 Å². The lowest BCUT2D eigenvalue weighted by Gasteiger charge is -2.24. The maximum Gasteiger partial charge on any atom is 0.223 e. The second kappa shape index (κ2) is 6.31. The van der Waals surface area contributed by atoms with Crippen LogP contribution in [0.4, 0.5) is 0 Å². The summed E-state index contributed by atoms with van der Waals surface area (Å²) < 4.78 is 5.72. The molecule has 2 aliphatic carbocycles. The van der Waals surface area contributed by atoms with E-state index in [1.165, 1.54) is 24.8 Å². The summed E-state index contributed by atoms with van der Waals surface area (Å²) >= 11 is 0. The number of hydrogen-bond acceptors (Lipinski definition) is 2. The van der Waals surface area contributed by atoms with Crippen LogP contribution in [-0.4, -0.2) is 12.5 Å². The summed E-state index contributed by atoms with van der Waals surface area (Å²) in [4.78, 5) is 12.6. The largest absolute Gasteiger partial charge is 0.494 e. The van der Waals surface area contributed by atoms with Gasteiger partial charge in [-0.15, -0.1) is 0 Å². The number of rotatable bonds is 5. The van der Waals surface area contributed by atoms with Gasteiger partial charge < -0.3 is 10.1 Å². The number of carbonyl (C=O) groups is 1. The molecule has 0 spiro atoms. The summed E-state index contributed by atoms with van der Waals surface area (Å²) in [7, 11) is 0. The van der Waals surface area contributed by atoms with Crippen molar-refractivity contribution in [3.05, 3.63) is 29.3 Å². The van der Waals surface area contributed by atoms with Crippen molar-refractivity contribution in [2.75, 3.05) is 6.61 Å². The molecule has 3 rings (SSSR count). The molecule has 3 heteroatoms. The summed E-state index contributed by atoms with van der Waals surface area (Å²) in [5, 5.41) is 3.23. The minimum absolute atomic E-state index is 0.00641. The molecule has 0 saturated heterocycles. The molecule has 2 fully saturated rings. The van der Waals surface area contributed by atoms with Gasteiger partial charge in [0.15, 0.2) is 0 Å². The fraction of sp³-hybridized carbons (Fsp3) is 0.632. The predicted molar refractivity (Wildman–Crippen MR) is 87.8 cm³/mol. The molecule has 4 atom stereocenters. The standard InChI is InChI=1S/C19H27NO2/c1-4-22-18-8-5-12(2)9-16(18)13(3)20-19(21)17-11-14-6-7-15(17)10-14/h5,8-9,13-15,17H,4,6-7,10-11H2,1-3H3,(H,20,21). The molecule has 4 unspecified atom stereocenters. The minimum atomic E-state index is -0.00641. The first-order chi connectivity index (χ1) is 10.6. The van der Waals surface area contributed by atoms with Gasteiger partial charge in [0, 0.05) is 11.5 Å². The van der Waals surface area contributed by atoms with Crippen LogP contribution in [-0.2, 0) is 4.79 Å². The van der Waals surface area contributed by atoms with Crippen LogP contribution < -0.4 is 10.1 Å². The van der Waals surface area contributed by atoms with Crippen molar-refractivity contribution in [1.29, 1.82) is 0 Å². The van der Waals surface area contributed by atoms with Gasteiger partial charge >= 0.3 is 0 Å². The Morgan fingerprint density at radius 2 is 2.18 bits per heavy atom. The van der Waals surface area contributed by atoms with Crippen molar-refractivity contribution in [2.45, 2.75) is 52.5 Å². The van der Waals surface area contributed by atoms with Crippen LogP contribution in [0.1, 0.15) is 56.7 Å². The van der Waals surface area contributed by atoms with Gasteiger partial charge in [0.1, 0.15) is 5.75 Å². The van der Waals surface area contributed by atoms with Gasteiger partial charge in [-0.2, -0.15) is 0 Å². The summed E-state index contributed by atoms with van der Waals surface area (Å²) in [6.07, 6.45) is 4.93. The van der Waals surface area contributed by atoms with Crippen LogP contribution >= 0.6 is 0 Å². The van der Waals surface area contributed by atoms with Gasteiger partial charge in [-0.05, 0) is 57.9 Å². The van der Waals surface area contributed by atoms with E-state index in [2.05, 4.69) is 31.3 Å². The maximum atomic E-state index is 12.6. The lowest BCUT2D eigenvalue weighted by atomic mass is 9.88. The molecular formula is C19H27NO2. The second-order valence-electron chi connectivity index (χ2n) is 6.99. The lowest BCUT2D eigenvalue weighted by Crippen LogP contribution is -2.35. The van der Waals surface area contributed by atoms with Crippen molar-refractivity contribution < 1.29 is 9.53 Å². The van der Waals surface area contributed by atoms with E-state index in [0.29, 0.717) is 12.5 Å². The Hall–Kier alpha value is -1.51. The molecule has 3 nitrogen and oxygen atoms in total. The van der Waals surface area contributed by atoms with Gasteiger partial charge in [0.05, 0.1) is 12.6 Å². The van der Waals surface area contributed by atoms with Gasteiger partial charge in [0.25, 0.3) is 0 Å². The Bertz CT molecular complexity index is 554. The SMILES string of the molecule is CCOc1ccc(C)cc1C(C)NC(=O)C1CC2CCC1C2. The number of carbonyl (C=O) groups excluding carboxylic acids is 1.